The average molecular weight is 466 g/mol. The average Bonchev–Trinajstić information content (AvgIpc) is 2.59. The molecule has 5 nitrogen and oxygen atoms in total. The third-order valence-corrected chi connectivity index (χ3v) is 3.83. The molecule has 2 rings (SSSR count). The molecule has 0 bridgehead atoms. The number of hydrogen-bond acceptors (Lipinski definition) is 4. The Bertz CT molecular complexity index is 816. The predicted molar refractivity (Wildman–Crippen MR) is 104 cm³/mol. The Balaban J connectivity index is 1.90. The number of benzene rings is 2. The molecule has 25 heavy (non-hydrogen) atoms. The fourth-order valence-corrected chi connectivity index (χ4v) is 2.54. The molecular weight excluding hydrogens is 452 g/mol. The zero-order valence-electron chi connectivity index (χ0n) is 13.0. The van der Waals surface area contributed by atoms with Crippen molar-refractivity contribution in [2.75, 3.05) is 13.2 Å². The molecule has 0 heterocycles. The number of nitrogens with one attached hydrogen (secondary N) is 1. The molecule has 0 saturated carbocycles. The number of rotatable bonds is 7. The first-order chi connectivity index (χ1) is 12.1. The third kappa shape index (κ3) is 6.61. The van der Waals surface area contributed by atoms with Crippen LogP contribution in [0.5, 0.6) is 11.5 Å². The van der Waals surface area contributed by atoms with Gasteiger partial charge in [-0.3, -0.25) is 4.79 Å². The summed E-state index contributed by atoms with van der Waals surface area (Å²) in [6.45, 7) is 0.00202. The summed E-state index contributed by atoms with van der Waals surface area (Å²) in [6.07, 6.45) is 6.67. The Labute approximate surface area is 162 Å². The number of hydrogen-bond donors (Lipinski definition) is 1. The summed E-state index contributed by atoms with van der Waals surface area (Å²) >= 11 is 6.71. The number of nitrogens with zero attached hydrogens (tertiary/aromatic N) is 1. The molecule has 1 N–H and O–H groups in total. The van der Waals surface area contributed by atoms with Crippen LogP contribution in [0.4, 0.5) is 0 Å². The maximum atomic E-state index is 11.8. The van der Waals surface area contributed by atoms with Gasteiger partial charge in [0.1, 0.15) is 18.1 Å². The van der Waals surface area contributed by atoms with Gasteiger partial charge in [-0.05, 0) is 36.4 Å². The molecule has 7 heteroatoms. The number of hydrazone groups is 1. The predicted octanol–water partition coefficient (Wildman–Crippen LogP) is 3.75. The van der Waals surface area contributed by atoms with Crippen LogP contribution in [-0.2, 0) is 4.79 Å². The van der Waals surface area contributed by atoms with Gasteiger partial charge in [-0.2, -0.15) is 5.10 Å². The molecule has 0 saturated heterocycles. The summed E-state index contributed by atoms with van der Waals surface area (Å²) in [5.41, 5.74) is 3.08. The van der Waals surface area contributed by atoms with E-state index >= 15 is 0 Å². The molecule has 0 aliphatic rings. The van der Waals surface area contributed by atoms with Crippen molar-refractivity contribution in [1.29, 1.82) is 0 Å². The summed E-state index contributed by atoms with van der Waals surface area (Å²) in [4.78, 5) is 11.8. The lowest BCUT2D eigenvalue weighted by Crippen LogP contribution is -2.24. The molecule has 0 aliphatic carbocycles. The van der Waals surface area contributed by atoms with Crippen LogP contribution in [0.1, 0.15) is 5.56 Å². The van der Waals surface area contributed by atoms with Gasteiger partial charge in [-0.25, -0.2) is 5.43 Å². The van der Waals surface area contributed by atoms with Crippen LogP contribution in [-0.4, -0.2) is 25.3 Å². The highest BCUT2D eigenvalue weighted by Crippen LogP contribution is 2.21. The van der Waals surface area contributed by atoms with Crippen molar-refractivity contribution in [2.24, 2.45) is 5.10 Å². The van der Waals surface area contributed by atoms with Crippen molar-refractivity contribution >= 4 is 44.0 Å². The first-order valence-corrected chi connectivity index (χ1v) is 8.73. The number of halogens is 2. The maximum absolute atomic E-state index is 11.8. The van der Waals surface area contributed by atoms with Crippen LogP contribution < -0.4 is 14.9 Å². The number of terminal acetylenes is 1. The zero-order chi connectivity index (χ0) is 18.1. The molecule has 0 spiro atoms. The first-order valence-electron chi connectivity index (χ1n) is 7.14. The van der Waals surface area contributed by atoms with E-state index < -0.39 is 0 Å². The quantitative estimate of drug-likeness (QED) is 0.385. The van der Waals surface area contributed by atoms with Crippen LogP contribution in [0, 0.1) is 12.3 Å². The Kier molecular flexibility index (Phi) is 7.51. The van der Waals surface area contributed by atoms with E-state index in [2.05, 4.69) is 48.3 Å². The van der Waals surface area contributed by atoms with Crippen molar-refractivity contribution in [1.82, 2.24) is 5.43 Å². The lowest BCUT2D eigenvalue weighted by atomic mass is 10.2. The summed E-state index contributed by atoms with van der Waals surface area (Å²) in [5, 5.41) is 3.91. The summed E-state index contributed by atoms with van der Waals surface area (Å²) in [6, 6.07) is 12.6. The molecule has 0 unspecified atom stereocenters. The Morgan fingerprint density at radius 3 is 2.76 bits per heavy atom. The summed E-state index contributed by atoms with van der Waals surface area (Å²) in [7, 11) is 0. The van der Waals surface area contributed by atoms with Crippen LogP contribution in [0.15, 0.2) is 56.5 Å². The van der Waals surface area contributed by atoms with Gasteiger partial charge in [-0.15, -0.1) is 6.42 Å². The van der Waals surface area contributed by atoms with Gasteiger partial charge in [0.25, 0.3) is 5.91 Å². The molecule has 0 aromatic heterocycles. The molecule has 2 aromatic rings. The van der Waals surface area contributed by atoms with E-state index in [1.807, 2.05) is 18.2 Å². The number of carbonyl (C=O) groups is 1. The molecule has 0 atom stereocenters. The van der Waals surface area contributed by atoms with Gasteiger partial charge in [0.2, 0.25) is 0 Å². The molecule has 1 amide bonds. The highest BCUT2D eigenvalue weighted by Gasteiger charge is 2.04. The second-order valence-electron chi connectivity index (χ2n) is 4.71. The minimum absolute atomic E-state index is 0.146. The van der Waals surface area contributed by atoms with Gasteiger partial charge in [0.15, 0.2) is 6.61 Å². The molecular formula is C18H14Br2N2O3. The van der Waals surface area contributed by atoms with E-state index in [9.17, 15) is 4.79 Å². The van der Waals surface area contributed by atoms with E-state index in [-0.39, 0.29) is 19.1 Å². The largest absolute Gasteiger partial charge is 0.484 e. The smallest absolute Gasteiger partial charge is 0.277 e. The number of amides is 1. The first kappa shape index (κ1) is 19.0. The van der Waals surface area contributed by atoms with Gasteiger partial charge in [0, 0.05) is 14.5 Å². The fourth-order valence-electron chi connectivity index (χ4n) is 1.78. The molecule has 0 fully saturated rings. The van der Waals surface area contributed by atoms with E-state index in [0.717, 1.165) is 8.95 Å². The highest BCUT2D eigenvalue weighted by atomic mass is 79.9. The van der Waals surface area contributed by atoms with Gasteiger partial charge in [-0.1, -0.05) is 43.8 Å². The second kappa shape index (κ2) is 9.87. The molecule has 128 valence electrons. The van der Waals surface area contributed by atoms with Crippen molar-refractivity contribution in [3.05, 3.63) is 57.0 Å². The topological polar surface area (TPSA) is 59.9 Å². The Morgan fingerprint density at radius 2 is 2.00 bits per heavy atom. The normalized spacial score (nSPS) is 10.3. The number of ether oxygens (including phenoxy) is 2. The number of carbonyl (C=O) groups excluding carboxylic acids is 1. The lowest BCUT2D eigenvalue weighted by Gasteiger charge is -2.07. The molecule has 2 aromatic carbocycles. The van der Waals surface area contributed by atoms with E-state index in [1.54, 1.807) is 24.3 Å². The minimum atomic E-state index is -0.377. The molecule has 0 aliphatic heterocycles. The van der Waals surface area contributed by atoms with E-state index in [4.69, 9.17) is 15.9 Å². The van der Waals surface area contributed by atoms with E-state index in [0.29, 0.717) is 17.1 Å². The fraction of sp³-hybridized carbons (Fsp3) is 0.111. The SMILES string of the molecule is C#CCOc1ccc(Br)cc1/C=N/NC(=O)COc1cccc(Br)c1. The second-order valence-corrected chi connectivity index (χ2v) is 6.55. The maximum Gasteiger partial charge on any atom is 0.277 e. The summed E-state index contributed by atoms with van der Waals surface area (Å²) in [5.74, 6) is 3.19. The van der Waals surface area contributed by atoms with Crippen molar-refractivity contribution in [3.63, 3.8) is 0 Å². The molecule has 0 radical (unpaired) electrons. The minimum Gasteiger partial charge on any atom is -0.484 e. The van der Waals surface area contributed by atoms with Crippen LogP contribution in [0.25, 0.3) is 0 Å². The summed E-state index contributed by atoms with van der Waals surface area (Å²) < 4.78 is 12.5. The van der Waals surface area contributed by atoms with Crippen LogP contribution in [0.2, 0.25) is 0 Å². The zero-order valence-corrected chi connectivity index (χ0v) is 16.2. The Hall–Kier alpha value is -2.30. The van der Waals surface area contributed by atoms with Gasteiger partial charge < -0.3 is 9.47 Å². The van der Waals surface area contributed by atoms with E-state index in [1.165, 1.54) is 6.21 Å². The lowest BCUT2D eigenvalue weighted by molar-refractivity contribution is -0.123. The van der Waals surface area contributed by atoms with Crippen LogP contribution in [0.3, 0.4) is 0 Å². The van der Waals surface area contributed by atoms with Gasteiger partial charge in [0.05, 0.1) is 6.21 Å². The third-order valence-electron chi connectivity index (χ3n) is 2.84. The van der Waals surface area contributed by atoms with Gasteiger partial charge >= 0.3 is 0 Å². The highest BCUT2D eigenvalue weighted by molar-refractivity contribution is 9.10. The standard InChI is InChI=1S/C18H14Br2N2O3/c1-2-8-24-17-7-6-15(20)9-13(17)11-21-22-18(23)12-25-16-5-3-4-14(19)10-16/h1,3-7,9-11H,8,12H2,(H,22,23)/b21-11+. The van der Waals surface area contributed by atoms with Crippen LogP contribution >= 0.6 is 31.9 Å². The Morgan fingerprint density at radius 1 is 1.20 bits per heavy atom. The monoisotopic (exact) mass is 464 g/mol. The van der Waals surface area contributed by atoms with Crippen molar-refractivity contribution < 1.29 is 14.3 Å². The van der Waals surface area contributed by atoms with Crippen molar-refractivity contribution in [2.45, 2.75) is 0 Å². The van der Waals surface area contributed by atoms with Crippen molar-refractivity contribution in [3.8, 4) is 23.8 Å².